The van der Waals surface area contributed by atoms with Crippen LogP contribution in [-0.4, -0.2) is 35.3 Å². The van der Waals surface area contributed by atoms with E-state index in [9.17, 15) is 4.79 Å². The van der Waals surface area contributed by atoms with Crippen LogP contribution in [-0.2, 0) is 12.3 Å². The predicted molar refractivity (Wildman–Crippen MR) is 132 cm³/mol. The molecule has 0 fully saturated rings. The molecule has 170 valence electrons. The lowest BCUT2D eigenvalue weighted by Gasteiger charge is -2.11. The highest BCUT2D eigenvalue weighted by Crippen LogP contribution is 2.23. The highest BCUT2D eigenvalue weighted by atomic mass is 32.2. The molecule has 34 heavy (non-hydrogen) atoms. The van der Waals surface area contributed by atoms with Crippen LogP contribution in [0.25, 0.3) is 5.78 Å². The van der Waals surface area contributed by atoms with Crippen molar-refractivity contribution in [2.75, 3.05) is 5.32 Å². The number of carbonyl (C=O) groups is 1. The summed E-state index contributed by atoms with van der Waals surface area (Å²) >= 11 is 1.48. The molecule has 0 saturated heterocycles. The first-order valence-electron chi connectivity index (χ1n) is 10.8. The molecule has 3 aromatic heterocycles. The van der Waals surface area contributed by atoms with Crippen LogP contribution < -0.4 is 5.32 Å². The van der Waals surface area contributed by atoms with Crippen LogP contribution in [0.3, 0.4) is 0 Å². The van der Waals surface area contributed by atoms with Gasteiger partial charge in [0.1, 0.15) is 0 Å². The second kappa shape index (κ2) is 9.48. The highest BCUT2D eigenvalue weighted by Gasteiger charge is 2.14. The normalized spacial score (nSPS) is 11.1. The number of fused-ring (bicyclic) bond motifs is 1. The van der Waals surface area contributed by atoms with E-state index < -0.39 is 0 Å². The van der Waals surface area contributed by atoms with E-state index in [0.29, 0.717) is 28.8 Å². The zero-order valence-electron chi connectivity index (χ0n) is 18.8. The minimum Gasteiger partial charge on any atom is -0.322 e. The predicted octanol–water partition coefficient (Wildman–Crippen LogP) is 4.53. The largest absolute Gasteiger partial charge is 0.322 e. The fourth-order valence-corrected chi connectivity index (χ4v) is 4.57. The summed E-state index contributed by atoms with van der Waals surface area (Å²) in [5.41, 5.74) is 5.23. The van der Waals surface area contributed by atoms with E-state index in [1.54, 1.807) is 10.7 Å². The summed E-state index contributed by atoms with van der Waals surface area (Å²) < 4.78 is 3.59. The van der Waals surface area contributed by atoms with Crippen molar-refractivity contribution in [3.63, 3.8) is 0 Å². The van der Waals surface area contributed by atoms with Gasteiger partial charge in [-0.2, -0.15) is 10.1 Å². The zero-order valence-corrected chi connectivity index (χ0v) is 19.7. The zero-order chi connectivity index (χ0) is 23.5. The first-order chi connectivity index (χ1) is 16.5. The van der Waals surface area contributed by atoms with E-state index in [1.165, 1.54) is 11.8 Å². The van der Waals surface area contributed by atoms with E-state index in [0.717, 1.165) is 28.2 Å². The first kappa shape index (κ1) is 21.8. The topological polar surface area (TPSA) is 90.0 Å². The summed E-state index contributed by atoms with van der Waals surface area (Å²) in [5.74, 6) is 1.00. The van der Waals surface area contributed by atoms with Crippen LogP contribution in [0.15, 0.2) is 78.2 Å². The molecular formula is C25H23N7OS. The molecule has 1 amide bonds. The number of hydrogen-bond donors (Lipinski definition) is 1. The van der Waals surface area contributed by atoms with E-state index in [1.807, 2.05) is 85.4 Å². The summed E-state index contributed by atoms with van der Waals surface area (Å²) in [6.45, 7) is 4.56. The maximum Gasteiger partial charge on any atom is 0.255 e. The number of aryl methyl sites for hydroxylation is 2. The molecule has 8 nitrogen and oxygen atoms in total. The Morgan fingerprint density at radius 3 is 2.76 bits per heavy atom. The molecule has 2 aromatic carbocycles. The quantitative estimate of drug-likeness (QED) is 0.352. The molecule has 1 N–H and O–H groups in total. The molecule has 0 aliphatic carbocycles. The van der Waals surface area contributed by atoms with E-state index in [2.05, 4.69) is 25.5 Å². The third-order valence-corrected chi connectivity index (χ3v) is 6.19. The number of rotatable bonds is 7. The third-order valence-electron chi connectivity index (χ3n) is 5.31. The third kappa shape index (κ3) is 4.84. The van der Waals surface area contributed by atoms with Crippen LogP contribution in [0.4, 0.5) is 5.69 Å². The molecule has 0 aliphatic rings. The summed E-state index contributed by atoms with van der Waals surface area (Å²) in [4.78, 5) is 22.1. The molecule has 5 rings (SSSR count). The van der Waals surface area contributed by atoms with Gasteiger partial charge >= 0.3 is 0 Å². The summed E-state index contributed by atoms with van der Waals surface area (Å²) in [7, 11) is 0. The van der Waals surface area contributed by atoms with Gasteiger partial charge in [0.05, 0.1) is 6.54 Å². The maximum absolute atomic E-state index is 13.1. The van der Waals surface area contributed by atoms with Gasteiger partial charge in [0.25, 0.3) is 11.7 Å². The Kier molecular flexibility index (Phi) is 6.09. The van der Waals surface area contributed by atoms with Crippen molar-refractivity contribution in [1.82, 2.24) is 29.4 Å². The number of nitrogens with zero attached hydrogens (tertiary/aromatic N) is 6. The number of thioether (sulfide) groups is 1. The standard InChI is InChI=1S/C25H23N7OS/c1-17-13-18(2)32-24(27-17)29-25(30-32)34-16-20-8-3-4-10-22(20)23(33)28-21-9-5-7-19(14-21)15-31-12-6-11-26-31/h3-14H,15-16H2,1-2H3,(H,28,33). The smallest absolute Gasteiger partial charge is 0.255 e. The molecule has 0 saturated carbocycles. The van der Waals surface area contributed by atoms with E-state index in [-0.39, 0.29) is 5.91 Å². The second-order valence-corrected chi connectivity index (χ2v) is 8.89. The van der Waals surface area contributed by atoms with Crippen LogP contribution in [0.2, 0.25) is 0 Å². The Bertz CT molecular complexity index is 1460. The van der Waals surface area contributed by atoms with Gasteiger partial charge in [-0.3, -0.25) is 9.48 Å². The summed E-state index contributed by atoms with van der Waals surface area (Å²) in [6.07, 6.45) is 3.66. The number of carbonyl (C=O) groups excluding carboxylic acids is 1. The second-order valence-electron chi connectivity index (χ2n) is 7.95. The van der Waals surface area contributed by atoms with Crippen molar-refractivity contribution in [2.24, 2.45) is 0 Å². The van der Waals surface area contributed by atoms with Crippen molar-refractivity contribution >= 4 is 29.1 Å². The van der Waals surface area contributed by atoms with Crippen LogP contribution >= 0.6 is 11.8 Å². The molecule has 0 atom stereocenters. The van der Waals surface area contributed by atoms with Crippen molar-refractivity contribution in [1.29, 1.82) is 0 Å². The fourth-order valence-electron chi connectivity index (χ4n) is 3.75. The monoisotopic (exact) mass is 469 g/mol. The lowest BCUT2D eigenvalue weighted by molar-refractivity contribution is 0.102. The summed E-state index contributed by atoms with van der Waals surface area (Å²) in [5, 5.41) is 12.4. The molecule has 9 heteroatoms. The van der Waals surface area contributed by atoms with Crippen LogP contribution in [0.1, 0.15) is 32.9 Å². The van der Waals surface area contributed by atoms with Gasteiger partial charge in [0.15, 0.2) is 0 Å². The Balaban J connectivity index is 1.30. The fraction of sp³-hybridized carbons (Fsp3) is 0.160. The Morgan fingerprint density at radius 2 is 1.91 bits per heavy atom. The molecule has 0 spiro atoms. The molecule has 3 heterocycles. The van der Waals surface area contributed by atoms with Crippen LogP contribution in [0.5, 0.6) is 0 Å². The van der Waals surface area contributed by atoms with E-state index in [4.69, 9.17) is 0 Å². The lowest BCUT2D eigenvalue weighted by Crippen LogP contribution is -2.14. The molecular weight excluding hydrogens is 446 g/mol. The Morgan fingerprint density at radius 1 is 1.03 bits per heavy atom. The molecule has 0 aliphatic heterocycles. The first-order valence-corrected chi connectivity index (χ1v) is 11.8. The number of amides is 1. The minimum atomic E-state index is -0.150. The van der Waals surface area contributed by atoms with Crippen LogP contribution in [0, 0.1) is 13.8 Å². The number of anilines is 1. The van der Waals surface area contributed by atoms with Gasteiger partial charge in [-0.25, -0.2) is 9.50 Å². The minimum absolute atomic E-state index is 0.150. The van der Waals surface area contributed by atoms with Crippen molar-refractivity contribution < 1.29 is 4.79 Å². The number of benzene rings is 2. The molecule has 0 bridgehead atoms. The van der Waals surface area contributed by atoms with Crippen molar-refractivity contribution in [3.8, 4) is 0 Å². The van der Waals surface area contributed by atoms with Gasteiger partial charge in [-0.15, -0.1) is 5.10 Å². The van der Waals surface area contributed by atoms with Gasteiger partial charge in [0, 0.05) is 40.8 Å². The lowest BCUT2D eigenvalue weighted by atomic mass is 10.1. The highest BCUT2D eigenvalue weighted by molar-refractivity contribution is 7.98. The van der Waals surface area contributed by atoms with Crippen molar-refractivity contribution in [3.05, 3.63) is 101 Å². The van der Waals surface area contributed by atoms with Gasteiger partial charge in [0.2, 0.25) is 5.16 Å². The Hall–Kier alpha value is -3.98. The Labute approximate surface area is 201 Å². The number of hydrogen-bond acceptors (Lipinski definition) is 6. The molecule has 5 aromatic rings. The number of aromatic nitrogens is 6. The SMILES string of the molecule is Cc1cc(C)n2nc(SCc3ccccc3C(=O)Nc3cccc(Cn4cccn4)c3)nc2n1. The molecule has 0 unspecified atom stereocenters. The number of nitrogens with one attached hydrogen (secondary N) is 1. The average molecular weight is 470 g/mol. The van der Waals surface area contributed by atoms with Gasteiger partial charge < -0.3 is 5.32 Å². The summed E-state index contributed by atoms with van der Waals surface area (Å²) in [6, 6.07) is 19.3. The maximum atomic E-state index is 13.1. The van der Waals surface area contributed by atoms with E-state index >= 15 is 0 Å². The van der Waals surface area contributed by atoms with Crippen molar-refractivity contribution in [2.45, 2.75) is 31.3 Å². The average Bonchev–Trinajstić information content (AvgIpc) is 3.48. The van der Waals surface area contributed by atoms with Gasteiger partial charge in [-0.05, 0) is 55.3 Å². The molecule has 0 radical (unpaired) electrons. The van der Waals surface area contributed by atoms with Gasteiger partial charge in [-0.1, -0.05) is 42.1 Å².